The van der Waals surface area contributed by atoms with E-state index in [2.05, 4.69) is 97.2 Å². The van der Waals surface area contributed by atoms with Crippen molar-refractivity contribution in [2.45, 2.75) is 57.0 Å². The Morgan fingerprint density at radius 3 is 2.03 bits per heavy atom. The predicted molar refractivity (Wildman–Crippen MR) is 124 cm³/mol. The topological polar surface area (TPSA) is 35.8 Å². The van der Waals surface area contributed by atoms with Crippen molar-refractivity contribution in [1.29, 1.82) is 5.26 Å². The van der Waals surface area contributed by atoms with E-state index in [1.807, 2.05) is 0 Å². The quantitative estimate of drug-likeness (QED) is 0.443. The third-order valence-corrected chi connectivity index (χ3v) is 6.47. The number of hydrogen-bond donors (Lipinski definition) is 1. The molecule has 0 aromatic heterocycles. The van der Waals surface area contributed by atoms with Gasteiger partial charge in [-0.3, -0.25) is 0 Å². The number of hydrogen-bond acceptors (Lipinski definition) is 2. The summed E-state index contributed by atoms with van der Waals surface area (Å²) in [5.74, 6) is 0. The van der Waals surface area contributed by atoms with Gasteiger partial charge in [-0.1, -0.05) is 98.6 Å². The van der Waals surface area contributed by atoms with E-state index in [4.69, 9.17) is 0 Å². The summed E-state index contributed by atoms with van der Waals surface area (Å²) in [6.45, 7) is 3.12. The number of benzene rings is 3. The Bertz CT molecular complexity index is 971. The molecule has 3 aromatic rings. The minimum atomic E-state index is -0.550. The van der Waals surface area contributed by atoms with Crippen molar-refractivity contribution in [2.75, 3.05) is 0 Å². The molecule has 2 nitrogen and oxygen atoms in total. The summed E-state index contributed by atoms with van der Waals surface area (Å²) in [5.41, 5.74) is 5.54. The molecule has 30 heavy (non-hydrogen) atoms. The molecule has 2 heteroatoms. The van der Waals surface area contributed by atoms with E-state index in [0.29, 0.717) is 6.04 Å². The molecule has 0 aliphatic heterocycles. The van der Waals surface area contributed by atoms with Crippen LogP contribution >= 0.6 is 0 Å². The summed E-state index contributed by atoms with van der Waals surface area (Å²) in [6, 6.07) is 30.7. The maximum atomic E-state index is 10.4. The number of nitriles is 1. The first-order valence-electron chi connectivity index (χ1n) is 11.2. The van der Waals surface area contributed by atoms with Gasteiger partial charge in [-0.15, -0.1) is 0 Å². The van der Waals surface area contributed by atoms with E-state index in [1.54, 1.807) is 0 Å². The van der Waals surface area contributed by atoms with Gasteiger partial charge < -0.3 is 5.32 Å². The normalized spacial score (nSPS) is 14.5. The van der Waals surface area contributed by atoms with Crippen LogP contribution in [0.3, 0.4) is 0 Å². The molecule has 0 saturated carbocycles. The molecule has 1 aliphatic rings. The number of unbranched alkanes of at least 4 members (excludes halogenated alkanes) is 1. The van der Waals surface area contributed by atoms with E-state index < -0.39 is 5.41 Å². The predicted octanol–water partition coefficient (Wildman–Crippen LogP) is 6.61. The third kappa shape index (κ3) is 3.91. The van der Waals surface area contributed by atoms with Gasteiger partial charge in [0.15, 0.2) is 0 Å². The molecule has 1 unspecified atom stereocenters. The number of nitrogens with zero attached hydrogens (tertiary/aromatic N) is 1. The monoisotopic (exact) mass is 394 g/mol. The van der Waals surface area contributed by atoms with Crippen LogP contribution in [0.4, 0.5) is 0 Å². The molecule has 0 spiro atoms. The molecule has 3 aromatic carbocycles. The molecule has 152 valence electrons. The van der Waals surface area contributed by atoms with Crippen LogP contribution in [0.25, 0.3) is 11.1 Å². The Morgan fingerprint density at radius 2 is 1.43 bits per heavy atom. The van der Waals surface area contributed by atoms with Crippen LogP contribution in [0.2, 0.25) is 0 Å². The van der Waals surface area contributed by atoms with Gasteiger partial charge in [-0.2, -0.15) is 5.26 Å². The Kier molecular flexibility index (Phi) is 6.31. The molecule has 0 amide bonds. The second-order valence-electron chi connectivity index (χ2n) is 8.35. The lowest BCUT2D eigenvalue weighted by Crippen LogP contribution is -2.32. The zero-order valence-corrected chi connectivity index (χ0v) is 17.8. The summed E-state index contributed by atoms with van der Waals surface area (Å²) in [5, 5.41) is 14.2. The lowest BCUT2D eigenvalue weighted by molar-refractivity contribution is 0.403. The zero-order chi connectivity index (χ0) is 20.8. The number of fused-ring (bicyclic) bond motifs is 3. The lowest BCUT2D eigenvalue weighted by atomic mass is 9.75. The second kappa shape index (κ2) is 9.28. The van der Waals surface area contributed by atoms with E-state index in [0.717, 1.165) is 25.8 Å². The van der Waals surface area contributed by atoms with Crippen LogP contribution in [0.15, 0.2) is 78.9 Å². The summed E-state index contributed by atoms with van der Waals surface area (Å²) < 4.78 is 0. The number of rotatable bonds is 9. The highest BCUT2D eigenvalue weighted by atomic mass is 14.9. The van der Waals surface area contributed by atoms with Crippen LogP contribution in [-0.2, 0) is 12.0 Å². The van der Waals surface area contributed by atoms with Gasteiger partial charge in [0.25, 0.3) is 0 Å². The fourth-order valence-corrected chi connectivity index (χ4v) is 4.82. The first kappa shape index (κ1) is 20.4. The van der Waals surface area contributed by atoms with Crippen LogP contribution in [0.5, 0.6) is 0 Å². The van der Waals surface area contributed by atoms with Crippen molar-refractivity contribution in [3.63, 3.8) is 0 Å². The summed E-state index contributed by atoms with van der Waals surface area (Å²) in [7, 11) is 0. The van der Waals surface area contributed by atoms with E-state index in [1.165, 1.54) is 40.7 Å². The van der Waals surface area contributed by atoms with E-state index >= 15 is 0 Å². The summed E-state index contributed by atoms with van der Waals surface area (Å²) >= 11 is 0. The molecule has 1 N–H and O–H groups in total. The largest absolute Gasteiger partial charge is 0.310 e. The molecule has 0 fully saturated rings. The van der Waals surface area contributed by atoms with Crippen molar-refractivity contribution in [1.82, 2.24) is 5.32 Å². The Hall–Kier alpha value is -2.89. The van der Waals surface area contributed by atoms with Crippen LogP contribution in [0, 0.1) is 11.3 Å². The minimum absolute atomic E-state index is 0.412. The zero-order valence-electron chi connectivity index (χ0n) is 17.8. The average Bonchev–Trinajstić information content (AvgIpc) is 3.10. The first-order valence-corrected chi connectivity index (χ1v) is 11.2. The van der Waals surface area contributed by atoms with Crippen molar-refractivity contribution >= 4 is 0 Å². The van der Waals surface area contributed by atoms with Gasteiger partial charge in [-0.05, 0) is 47.1 Å². The Labute approximate surface area is 180 Å². The van der Waals surface area contributed by atoms with Crippen LogP contribution < -0.4 is 5.32 Å². The molecule has 0 saturated heterocycles. The molecular weight excluding hydrogens is 364 g/mol. The highest BCUT2D eigenvalue weighted by molar-refractivity contribution is 5.82. The average molecular weight is 395 g/mol. The van der Waals surface area contributed by atoms with Gasteiger partial charge in [0, 0.05) is 12.6 Å². The van der Waals surface area contributed by atoms with Gasteiger partial charge in [-0.25, -0.2) is 0 Å². The van der Waals surface area contributed by atoms with Crippen LogP contribution in [0.1, 0.15) is 55.7 Å². The van der Waals surface area contributed by atoms with Crippen molar-refractivity contribution in [2.24, 2.45) is 0 Å². The molecule has 0 heterocycles. The van der Waals surface area contributed by atoms with Crippen LogP contribution in [-0.4, -0.2) is 6.04 Å². The fraction of sp³-hybridized carbons (Fsp3) is 0.321. The molecule has 4 rings (SSSR count). The maximum absolute atomic E-state index is 10.4. The van der Waals surface area contributed by atoms with Crippen molar-refractivity contribution < 1.29 is 0 Å². The number of nitrogens with one attached hydrogen (secondary N) is 1. The SMILES string of the molecule is CCCCC(CCC1(C#N)c2ccccc2-c2ccccc21)NCc1ccccc1. The van der Waals surface area contributed by atoms with Crippen molar-refractivity contribution in [3.8, 4) is 17.2 Å². The first-order chi connectivity index (χ1) is 14.8. The molecule has 1 atom stereocenters. The van der Waals surface area contributed by atoms with Gasteiger partial charge in [0.1, 0.15) is 5.41 Å². The van der Waals surface area contributed by atoms with Gasteiger partial charge in [0.05, 0.1) is 6.07 Å². The highest BCUT2D eigenvalue weighted by Gasteiger charge is 2.43. The molecule has 0 radical (unpaired) electrons. The fourth-order valence-electron chi connectivity index (χ4n) is 4.82. The van der Waals surface area contributed by atoms with Gasteiger partial charge in [0.2, 0.25) is 0 Å². The van der Waals surface area contributed by atoms with E-state index in [9.17, 15) is 5.26 Å². The summed E-state index contributed by atoms with van der Waals surface area (Å²) in [4.78, 5) is 0. The van der Waals surface area contributed by atoms with Gasteiger partial charge >= 0.3 is 0 Å². The Balaban J connectivity index is 1.56. The third-order valence-electron chi connectivity index (χ3n) is 6.47. The smallest absolute Gasteiger partial charge is 0.108 e. The molecule has 1 aliphatic carbocycles. The maximum Gasteiger partial charge on any atom is 0.108 e. The lowest BCUT2D eigenvalue weighted by Gasteiger charge is -2.27. The second-order valence-corrected chi connectivity index (χ2v) is 8.35. The summed E-state index contributed by atoms with van der Waals surface area (Å²) in [6.07, 6.45) is 5.38. The highest BCUT2D eigenvalue weighted by Crippen LogP contribution is 2.51. The molecule has 0 bridgehead atoms. The van der Waals surface area contributed by atoms with Crippen molar-refractivity contribution in [3.05, 3.63) is 95.6 Å². The minimum Gasteiger partial charge on any atom is -0.310 e. The Morgan fingerprint density at radius 1 is 0.833 bits per heavy atom. The molecular formula is C28H30N2. The van der Waals surface area contributed by atoms with E-state index in [-0.39, 0.29) is 0 Å². The standard InChI is InChI=1S/C28H30N2/c1-2-3-13-23(30-20-22-11-5-4-6-12-22)18-19-28(21-29)26-16-9-7-14-24(26)25-15-8-10-17-27(25)28/h4-12,14-17,23,30H,2-3,13,18-20H2,1H3.